The van der Waals surface area contributed by atoms with Crippen molar-refractivity contribution in [2.24, 2.45) is 0 Å². The third kappa shape index (κ3) is 5.18. The lowest BCUT2D eigenvalue weighted by atomic mass is 9.91. The van der Waals surface area contributed by atoms with Crippen molar-refractivity contribution in [1.29, 1.82) is 0 Å². The highest BCUT2D eigenvalue weighted by molar-refractivity contribution is 6.30. The maximum absolute atomic E-state index is 14.0. The van der Waals surface area contributed by atoms with Crippen molar-refractivity contribution in [3.63, 3.8) is 0 Å². The van der Waals surface area contributed by atoms with Crippen LogP contribution in [-0.4, -0.2) is 70.6 Å². The number of nitrogens with one attached hydrogen (secondary N) is 2. The second-order valence-electron chi connectivity index (χ2n) is 10.5. The van der Waals surface area contributed by atoms with Gasteiger partial charge in [-0.2, -0.15) is 13.2 Å². The molecule has 0 radical (unpaired) electrons. The molecule has 8 nitrogen and oxygen atoms in total. The van der Waals surface area contributed by atoms with E-state index < -0.39 is 30.3 Å². The fraction of sp³-hybridized carbons (Fsp3) is 0.538. The van der Waals surface area contributed by atoms with Gasteiger partial charge in [0.1, 0.15) is 18.0 Å². The van der Waals surface area contributed by atoms with Gasteiger partial charge in [0, 0.05) is 49.2 Å². The summed E-state index contributed by atoms with van der Waals surface area (Å²) in [5.74, 6) is -3.03. The Hall–Kier alpha value is -2.92. The number of benzene rings is 1. The fourth-order valence-electron chi connectivity index (χ4n) is 5.82. The molecule has 0 aliphatic carbocycles. The molecule has 2 saturated heterocycles. The zero-order valence-corrected chi connectivity index (χ0v) is 21.9. The van der Waals surface area contributed by atoms with Crippen LogP contribution in [0.25, 0.3) is 0 Å². The molecule has 0 saturated carbocycles. The molecule has 1 aromatic heterocycles. The number of fused-ring (bicyclic) bond motifs is 3. The molecular formula is C26H30ClF3N6O2. The first kappa shape index (κ1) is 26.7. The van der Waals surface area contributed by atoms with Crippen LogP contribution in [0.15, 0.2) is 30.6 Å². The summed E-state index contributed by atoms with van der Waals surface area (Å²) in [4.78, 5) is 37.9. The maximum Gasteiger partial charge on any atom is 0.396 e. The predicted molar refractivity (Wildman–Crippen MR) is 137 cm³/mol. The Morgan fingerprint density at radius 2 is 1.82 bits per heavy atom. The van der Waals surface area contributed by atoms with Crippen LogP contribution in [-0.2, 0) is 9.59 Å². The molecule has 2 aromatic rings. The summed E-state index contributed by atoms with van der Waals surface area (Å²) in [7, 11) is 0. The molecule has 204 valence electrons. The zero-order chi connectivity index (χ0) is 27.2. The molecule has 2 N–H and O–H groups in total. The van der Waals surface area contributed by atoms with E-state index in [-0.39, 0.29) is 41.2 Å². The number of hydrogen-bond acceptors (Lipinski definition) is 6. The summed E-state index contributed by atoms with van der Waals surface area (Å²) in [6, 6.07) is 7.14. The molecule has 0 spiro atoms. The molecule has 2 fully saturated rings. The van der Waals surface area contributed by atoms with Gasteiger partial charge >= 0.3 is 6.18 Å². The zero-order valence-electron chi connectivity index (χ0n) is 21.1. The van der Waals surface area contributed by atoms with E-state index >= 15 is 0 Å². The lowest BCUT2D eigenvalue weighted by Crippen LogP contribution is -2.58. The summed E-state index contributed by atoms with van der Waals surface area (Å²) in [6.45, 7) is 5.21. The van der Waals surface area contributed by atoms with Gasteiger partial charge in [-0.3, -0.25) is 9.59 Å². The van der Waals surface area contributed by atoms with E-state index in [0.717, 1.165) is 18.4 Å². The first-order chi connectivity index (χ1) is 18.0. The van der Waals surface area contributed by atoms with Gasteiger partial charge in [-0.1, -0.05) is 37.6 Å². The van der Waals surface area contributed by atoms with Crippen LogP contribution in [0.2, 0.25) is 5.02 Å². The van der Waals surface area contributed by atoms with Crippen LogP contribution in [0.1, 0.15) is 56.1 Å². The number of piperazine rings is 1. The van der Waals surface area contributed by atoms with Crippen LogP contribution in [0, 0.1) is 0 Å². The van der Waals surface area contributed by atoms with Gasteiger partial charge in [0.15, 0.2) is 0 Å². The number of amides is 2. The third-order valence-electron chi connectivity index (χ3n) is 7.59. The van der Waals surface area contributed by atoms with Gasteiger partial charge in [-0.25, -0.2) is 9.97 Å². The average Bonchev–Trinajstić information content (AvgIpc) is 3.12. The number of carbonyl (C=O) groups is 2. The van der Waals surface area contributed by atoms with Crippen LogP contribution < -0.4 is 15.5 Å². The number of carbonyl (C=O) groups excluding carboxylic acids is 2. The van der Waals surface area contributed by atoms with E-state index in [1.54, 1.807) is 12.1 Å². The van der Waals surface area contributed by atoms with E-state index in [4.69, 9.17) is 11.6 Å². The van der Waals surface area contributed by atoms with Crippen molar-refractivity contribution in [1.82, 2.24) is 20.2 Å². The minimum atomic E-state index is -4.61. The molecule has 4 atom stereocenters. The van der Waals surface area contributed by atoms with Crippen molar-refractivity contribution >= 4 is 35.1 Å². The van der Waals surface area contributed by atoms with Gasteiger partial charge in [0.25, 0.3) is 0 Å². The van der Waals surface area contributed by atoms with E-state index in [0.29, 0.717) is 24.7 Å². The quantitative estimate of drug-likeness (QED) is 0.563. The normalized spacial score (nSPS) is 23.9. The topological polar surface area (TPSA) is 90.5 Å². The van der Waals surface area contributed by atoms with Crippen molar-refractivity contribution in [3.05, 3.63) is 46.7 Å². The average molecular weight is 551 g/mol. The Kier molecular flexibility index (Phi) is 7.25. The summed E-state index contributed by atoms with van der Waals surface area (Å²) >= 11 is 6.08. The summed E-state index contributed by atoms with van der Waals surface area (Å²) < 4.78 is 41.9. The smallest absolute Gasteiger partial charge is 0.352 e. The van der Waals surface area contributed by atoms with Gasteiger partial charge < -0.3 is 20.4 Å². The Bertz CT molecular complexity index is 1190. The van der Waals surface area contributed by atoms with Crippen molar-refractivity contribution in [2.75, 3.05) is 29.9 Å². The number of nitrogens with zero attached hydrogens (tertiary/aromatic N) is 4. The minimum absolute atomic E-state index is 0.00206. The highest BCUT2D eigenvalue weighted by atomic mass is 35.5. The first-order valence-electron chi connectivity index (χ1n) is 12.8. The Morgan fingerprint density at radius 1 is 1.16 bits per heavy atom. The number of aromatic nitrogens is 2. The summed E-state index contributed by atoms with van der Waals surface area (Å²) in [5, 5.41) is 6.43. The number of alkyl halides is 3. The highest BCUT2D eigenvalue weighted by Gasteiger charge is 2.50. The predicted octanol–water partition coefficient (Wildman–Crippen LogP) is 4.08. The SMILES string of the molecule is CC(C)NC[C@@H](C(=O)N1C2CCC1CN(c1ncnc3c1[C@@H](C(F)(F)F)CC(=O)N3)C2)c1ccc(Cl)cc1. The number of rotatable bonds is 6. The second kappa shape index (κ2) is 10.3. The lowest BCUT2D eigenvalue weighted by Gasteiger charge is -2.44. The Labute approximate surface area is 223 Å². The standard InChI is InChI=1S/C26H30ClF3N6O2/c1-14(2)31-10-19(15-3-5-16(27)6-4-15)25(38)36-17-7-8-18(36)12-35(11-17)24-22-20(26(28,29)30)9-21(37)34-23(22)32-13-33-24/h3-6,13-14,17-20,31H,7-12H2,1-2H3,(H,32,33,34,37)/t17?,18?,19-,20+/m1/s1. The second-order valence-corrected chi connectivity index (χ2v) is 10.9. The van der Waals surface area contributed by atoms with Crippen LogP contribution in [0.3, 0.4) is 0 Å². The van der Waals surface area contributed by atoms with E-state index in [2.05, 4.69) is 20.6 Å². The first-order valence-corrected chi connectivity index (χ1v) is 13.2. The summed E-state index contributed by atoms with van der Waals surface area (Å²) in [5.41, 5.74) is 0.766. The minimum Gasteiger partial charge on any atom is -0.352 e. The number of halogens is 4. The van der Waals surface area contributed by atoms with E-state index in [1.807, 2.05) is 35.8 Å². The number of anilines is 2. The maximum atomic E-state index is 14.0. The third-order valence-corrected chi connectivity index (χ3v) is 7.84. The fourth-order valence-corrected chi connectivity index (χ4v) is 5.95. The highest BCUT2D eigenvalue weighted by Crippen LogP contribution is 2.47. The van der Waals surface area contributed by atoms with Crippen LogP contribution >= 0.6 is 11.6 Å². The molecule has 2 amide bonds. The lowest BCUT2D eigenvalue weighted by molar-refractivity contribution is -0.156. The monoisotopic (exact) mass is 550 g/mol. The van der Waals surface area contributed by atoms with E-state index in [1.165, 1.54) is 6.33 Å². The molecule has 3 aliphatic rings. The van der Waals surface area contributed by atoms with Gasteiger partial charge in [-0.05, 0) is 30.5 Å². The van der Waals surface area contributed by atoms with Gasteiger partial charge in [-0.15, -0.1) is 0 Å². The molecule has 2 bridgehead atoms. The molecule has 5 rings (SSSR count). The molecule has 38 heavy (non-hydrogen) atoms. The Balaban J connectivity index is 1.42. The Morgan fingerprint density at radius 3 is 2.42 bits per heavy atom. The van der Waals surface area contributed by atoms with Crippen molar-refractivity contribution < 1.29 is 22.8 Å². The molecule has 12 heteroatoms. The van der Waals surface area contributed by atoms with Crippen molar-refractivity contribution in [3.8, 4) is 0 Å². The summed E-state index contributed by atoms with van der Waals surface area (Å²) in [6.07, 6.45) is -2.62. The van der Waals surface area contributed by atoms with Crippen LogP contribution in [0.5, 0.6) is 0 Å². The van der Waals surface area contributed by atoms with Gasteiger partial charge in [0.2, 0.25) is 11.8 Å². The molecule has 1 aromatic carbocycles. The molecule has 4 heterocycles. The molecular weight excluding hydrogens is 521 g/mol. The molecule has 2 unspecified atom stereocenters. The largest absolute Gasteiger partial charge is 0.396 e. The number of hydrogen-bond donors (Lipinski definition) is 2. The van der Waals surface area contributed by atoms with E-state index in [9.17, 15) is 22.8 Å². The van der Waals surface area contributed by atoms with Gasteiger partial charge in [0.05, 0.1) is 17.4 Å². The van der Waals surface area contributed by atoms with Crippen molar-refractivity contribution in [2.45, 2.75) is 69.2 Å². The van der Waals surface area contributed by atoms with Crippen LogP contribution in [0.4, 0.5) is 24.8 Å². The molecule has 3 aliphatic heterocycles.